The van der Waals surface area contributed by atoms with Crippen LogP contribution in [0.15, 0.2) is 59.0 Å². The van der Waals surface area contributed by atoms with E-state index in [0.29, 0.717) is 56.7 Å². The van der Waals surface area contributed by atoms with Crippen molar-refractivity contribution in [3.63, 3.8) is 0 Å². The second kappa shape index (κ2) is 12.8. The third kappa shape index (κ3) is 6.70. The highest BCUT2D eigenvalue weighted by atomic mass is 35.5. The number of carbonyl (C=O) groups excluding carboxylic acids is 3. The molecule has 0 aliphatic carbocycles. The Morgan fingerprint density at radius 2 is 1.60 bits per heavy atom. The van der Waals surface area contributed by atoms with Crippen molar-refractivity contribution in [3.8, 4) is 11.5 Å². The molecular formula is C29H29ClF3N4O5-. The number of rotatable bonds is 6. The summed E-state index contributed by atoms with van der Waals surface area (Å²) in [6, 6.07) is 14.8. The van der Waals surface area contributed by atoms with Gasteiger partial charge >= 0.3 is 12.1 Å². The molecule has 3 aromatic rings. The summed E-state index contributed by atoms with van der Waals surface area (Å²) in [6.45, 7) is 2.24. The van der Waals surface area contributed by atoms with Gasteiger partial charge in [0.1, 0.15) is 0 Å². The zero-order chi connectivity index (χ0) is 29.1. The number of halogens is 4. The topological polar surface area (TPSA) is 105 Å². The molecule has 2 aromatic carbocycles. The number of ether oxygens (including phenoxy) is 1. The Hall–Kier alpha value is -4.06. The molecule has 1 atom stereocenters. The van der Waals surface area contributed by atoms with Gasteiger partial charge in [0.2, 0.25) is 17.6 Å². The number of benzene rings is 2. The van der Waals surface area contributed by atoms with Gasteiger partial charge in [0.15, 0.2) is 5.69 Å². The minimum atomic E-state index is -4.90. The van der Waals surface area contributed by atoms with Crippen LogP contribution in [0.25, 0.3) is 11.5 Å². The number of alkyl halides is 3. The lowest BCUT2D eigenvalue weighted by Gasteiger charge is -2.34. The molecule has 3 heterocycles. The first-order valence-electron chi connectivity index (χ1n) is 13.3. The smallest absolute Gasteiger partial charge is 0.452 e. The van der Waals surface area contributed by atoms with Gasteiger partial charge in [0, 0.05) is 49.0 Å². The van der Waals surface area contributed by atoms with E-state index >= 15 is 0 Å². The molecule has 0 saturated carbocycles. The van der Waals surface area contributed by atoms with Gasteiger partial charge in [-0.15, -0.1) is 0 Å². The normalized spacial score (nSPS) is 17.5. The summed E-state index contributed by atoms with van der Waals surface area (Å²) in [5.41, 5.74) is 0.640. The lowest BCUT2D eigenvalue weighted by atomic mass is 9.95. The van der Waals surface area contributed by atoms with Crippen molar-refractivity contribution in [2.45, 2.75) is 25.4 Å². The minimum Gasteiger partial charge on any atom is -1.00 e. The molecule has 1 N–H and O–H groups in total. The largest absolute Gasteiger partial charge is 1.00 e. The SMILES string of the molecule is COC(=O)C1CCN(C(=O)C2CCN(c3ccc(NC(=O)c4nc(-c5ccccc5)oc4C(F)(F)F)cc3)CC2)C1.[Cl-]. The first-order valence-corrected chi connectivity index (χ1v) is 13.3. The molecular weight excluding hydrogens is 577 g/mol. The van der Waals surface area contributed by atoms with Gasteiger partial charge in [-0.2, -0.15) is 13.2 Å². The molecule has 13 heteroatoms. The molecule has 0 spiro atoms. The number of carbonyl (C=O) groups is 3. The van der Waals surface area contributed by atoms with Gasteiger partial charge in [-0.05, 0) is 55.7 Å². The van der Waals surface area contributed by atoms with E-state index in [4.69, 9.17) is 9.15 Å². The lowest BCUT2D eigenvalue weighted by Crippen LogP contribution is -3.00. The second-order valence-electron chi connectivity index (χ2n) is 10.1. The molecule has 2 amide bonds. The maximum absolute atomic E-state index is 13.6. The highest BCUT2D eigenvalue weighted by Gasteiger charge is 2.42. The van der Waals surface area contributed by atoms with Crippen molar-refractivity contribution < 1.29 is 49.1 Å². The third-order valence-corrected chi connectivity index (χ3v) is 7.49. The first-order chi connectivity index (χ1) is 19.6. The van der Waals surface area contributed by atoms with Crippen molar-refractivity contribution in [2.75, 3.05) is 43.5 Å². The molecule has 224 valence electrons. The van der Waals surface area contributed by atoms with Crippen LogP contribution in [0.4, 0.5) is 24.5 Å². The summed E-state index contributed by atoms with van der Waals surface area (Å²) >= 11 is 0. The average Bonchev–Trinajstić information content (AvgIpc) is 3.66. The molecule has 0 radical (unpaired) electrons. The number of nitrogens with zero attached hydrogens (tertiary/aromatic N) is 3. The number of hydrogen-bond donors (Lipinski definition) is 1. The Morgan fingerprint density at radius 3 is 2.21 bits per heavy atom. The number of anilines is 2. The Bertz CT molecular complexity index is 1410. The molecule has 1 aromatic heterocycles. The molecule has 2 saturated heterocycles. The van der Waals surface area contributed by atoms with Crippen LogP contribution < -0.4 is 22.6 Å². The average molecular weight is 606 g/mol. The Balaban J connectivity index is 0.00000405. The molecule has 42 heavy (non-hydrogen) atoms. The van der Waals surface area contributed by atoms with Crippen LogP contribution in [-0.2, 0) is 20.5 Å². The molecule has 1 unspecified atom stereocenters. The van der Waals surface area contributed by atoms with Crippen LogP contribution in [0.5, 0.6) is 0 Å². The van der Waals surface area contributed by atoms with E-state index in [2.05, 4.69) is 15.2 Å². The van der Waals surface area contributed by atoms with Gasteiger partial charge in [0.05, 0.1) is 13.0 Å². The minimum absolute atomic E-state index is 0. The number of oxazole rings is 1. The van der Waals surface area contributed by atoms with Gasteiger partial charge < -0.3 is 36.7 Å². The van der Waals surface area contributed by atoms with Crippen LogP contribution in [-0.4, -0.2) is 61.0 Å². The third-order valence-electron chi connectivity index (χ3n) is 7.49. The standard InChI is InChI=1S/C29H29F3N4O5.ClH/c1-40-28(39)20-13-16-36(17-20)27(38)19-11-14-35(15-12-19)22-9-7-21(8-10-22)33-25(37)23-24(29(30,31)32)41-26(34-23)18-5-3-2-4-6-18;/h2-10,19-20H,11-17H2,1H3,(H,33,37);1H/p-1. The van der Waals surface area contributed by atoms with Crippen LogP contribution in [0, 0.1) is 11.8 Å². The zero-order valence-corrected chi connectivity index (χ0v) is 23.5. The van der Waals surface area contributed by atoms with Crippen molar-refractivity contribution in [3.05, 3.63) is 66.1 Å². The predicted molar refractivity (Wildman–Crippen MR) is 143 cm³/mol. The summed E-state index contributed by atoms with van der Waals surface area (Å²) in [5.74, 6) is -3.40. The summed E-state index contributed by atoms with van der Waals surface area (Å²) in [6.07, 6.45) is -2.97. The quantitative estimate of drug-likeness (QED) is 0.428. The number of methoxy groups -OCH3 is 1. The molecule has 5 rings (SSSR count). The molecule has 9 nitrogen and oxygen atoms in total. The van der Waals surface area contributed by atoms with E-state index in [1.807, 2.05) is 0 Å². The fraction of sp³-hybridized carbons (Fsp3) is 0.379. The van der Waals surface area contributed by atoms with Gasteiger partial charge in [-0.25, -0.2) is 4.98 Å². The number of piperidine rings is 1. The maximum Gasteiger partial charge on any atom is 0.452 e. The van der Waals surface area contributed by atoms with E-state index in [-0.39, 0.29) is 42.0 Å². The predicted octanol–water partition coefficient (Wildman–Crippen LogP) is 1.85. The molecule has 2 aliphatic heterocycles. The van der Waals surface area contributed by atoms with E-state index in [1.165, 1.54) is 19.2 Å². The summed E-state index contributed by atoms with van der Waals surface area (Å²) in [7, 11) is 1.35. The Kier molecular flexibility index (Phi) is 9.45. The Labute approximate surface area is 246 Å². The summed E-state index contributed by atoms with van der Waals surface area (Å²) < 4.78 is 50.6. The van der Waals surface area contributed by atoms with Crippen LogP contribution in [0.2, 0.25) is 0 Å². The van der Waals surface area contributed by atoms with Gasteiger partial charge in [-0.1, -0.05) is 18.2 Å². The highest BCUT2D eigenvalue weighted by Crippen LogP contribution is 2.36. The highest BCUT2D eigenvalue weighted by molar-refractivity contribution is 6.04. The van der Waals surface area contributed by atoms with Crippen molar-refractivity contribution in [1.82, 2.24) is 9.88 Å². The van der Waals surface area contributed by atoms with E-state index < -0.39 is 23.5 Å². The fourth-order valence-corrected chi connectivity index (χ4v) is 5.28. The number of likely N-dealkylation sites (tertiary alicyclic amines) is 1. The number of esters is 1. The molecule has 2 fully saturated rings. The second-order valence-corrected chi connectivity index (χ2v) is 10.1. The van der Waals surface area contributed by atoms with Crippen LogP contribution in [0.1, 0.15) is 35.5 Å². The number of aromatic nitrogens is 1. The Morgan fingerprint density at radius 1 is 0.952 bits per heavy atom. The molecule has 0 bridgehead atoms. The van der Waals surface area contributed by atoms with Crippen molar-refractivity contribution in [2.24, 2.45) is 11.8 Å². The molecule has 2 aliphatic rings. The number of nitrogens with one attached hydrogen (secondary N) is 1. The van der Waals surface area contributed by atoms with Crippen molar-refractivity contribution in [1.29, 1.82) is 0 Å². The summed E-state index contributed by atoms with van der Waals surface area (Å²) in [4.78, 5) is 45.2. The number of amides is 2. The van der Waals surface area contributed by atoms with E-state index in [0.717, 1.165) is 5.69 Å². The van der Waals surface area contributed by atoms with Crippen LogP contribution in [0.3, 0.4) is 0 Å². The fourth-order valence-electron chi connectivity index (χ4n) is 5.28. The van der Waals surface area contributed by atoms with E-state index in [9.17, 15) is 27.6 Å². The van der Waals surface area contributed by atoms with Crippen LogP contribution >= 0.6 is 0 Å². The maximum atomic E-state index is 13.6. The zero-order valence-electron chi connectivity index (χ0n) is 22.7. The lowest BCUT2D eigenvalue weighted by molar-refractivity contribution is -0.153. The van der Waals surface area contributed by atoms with Gasteiger partial charge in [0.25, 0.3) is 5.91 Å². The van der Waals surface area contributed by atoms with Gasteiger partial charge in [-0.3, -0.25) is 14.4 Å². The van der Waals surface area contributed by atoms with Crippen molar-refractivity contribution >= 4 is 29.2 Å². The monoisotopic (exact) mass is 605 g/mol. The summed E-state index contributed by atoms with van der Waals surface area (Å²) in [5, 5.41) is 2.47. The number of hydrogen-bond acceptors (Lipinski definition) is 7. The first kappa shape index (κ1) is 30.9. The van der Waals surface area contributed by atoms with E-state index in [1.54, 1.807) is 47.4 Å².